The van der Waals surface area contributed by atoms with Gasteiger partial charge in [0.1, 0.15) is 12.4 Å². The molecule has 0 fully saturated rings. The van der Waals surface area contributed by atoms with Crippen molar-refractivity contribution < 1.29 is 4.74 Å². The maximum Gasteiger partial charge on any atom is 0.153 e. The SMILES string of the molecule is CC.CCc1ccc(OCc2cn3ncccc3n2)cc1. The van der Waals surface area contributed by atoms with Gasteiger partial charge < -0.3 is 4.74 Å². The minimum absolute atomic E-state index is 0.453. The molecule has 3 aromatic rings. The van der Waals surface area contributed by atoms with Crippen molar-refractivity contribution in [1.82, 2.24) is 14.6 Å². The second kappa shape index (κ2) is 7.43. The summed E-state index contributed by atoms with van der Waals surface area (Å²) < 4.78 is 7.47. The third-order valence-corrected chi connectivity index (χ3v) is 3.00. The molecule has 0 aliphatic heterocycles. The van der Waals surface area contributed by atoms with Crippen molar-refractivity contribution in [2.24, 2.45) is 0 Å². The summed E-state index contributed by atoms with van der Waals surface area (Å²) in [4.78, 5) is 4.44. The van der Waals surface area contributed by atoms with Gasteiger partial charge in [0.2, 0.25) is 0 Å². The van der Waals surface area contributed by atoms with Gasteiger partial charge >= 0.3 is 0 Å². The van der Waals surface area contributed by atoms with Crippen molar-refractivity contribution in [1.29, 1.82) is 0 Å². The van der Waals surface area contributed by atoms with Crippen LogP contribution in [0.5, 0.6) is 5.75 Å². The van der Waals surface area contributed by atoms with Gasteiger partial charge in [-0.05, 0) is 36.2 Å². The lowest BCUT2D eigenvalue weighted by Crippen LogP contribution is -1.95. The molecule has 3 rings (SSSR count). The van der Waals surface area contributed by atoms with Crippen molar-refractivity contribution in [3.63, 3.8) is 0 Å². The van der Waals surface area contributed by atoms with Crippen LogP contribution >= 0.6 is 0 Å². The number of ether oxygens (including phenoxy) is 1. The smallest absolute Gasteiger partial charge is 0.153 e. The average molecular weight is 283 g/mol. The predicted molar refractivity (Wildman–Crippen MR) is 84.5 cm³/mol. The summed E-state index contributed by atoms with van der Waals surface area (Å²) >= 11 is 0. The predicted octanol–water partition coefficient (Wildman–Crippen LogP) is 3.90. The second-order valence-corrected chi connectivity index (χ2v) is 4.34. The van der Waals surface area contributed by atoms with Gasteiger partial charge in [0.25, 0.3) is 0 Å². The Balaban J connectivity index is 0.000000774. The average Bonchev–Trinajstić information content (AvgIpc) is 2.98. The number of imidazole rings is 1. The first-order valence-corrected chi connectivity index (χ1v) is 7.36. The Kier molecular flexibility index (Phi) is 5.32. The fourth-order valence-electron chi connectivity index (χ4n) is 1.93. The number of nitrogens with zero attached hydrogens (tertiary/aromatic N) is 3. The molecule has 0 aliphatic carbocycles. The van der Waals surface area contributed by atoms with Crippen LogP contribution in [0.2, 0.25) is 0 Å². The summed E-state index contributed by atoms with van der Waals surface area (Å²) in [5.41, 5.74) is 3.02. The number of rotatable bonds is 4. The highest BCUT2D eigenvalue weighted by Crippen LogP contribution is 2.14. The Bertz CT molecular complexity index is 641. The molecule has 0 atom stereocenters. The van der Waals surface area contributed by atoms with E-state index in [0.717, 1.165) is 23.5 Å². The molecule has 0 unspecified atom stereocenters. The molecule has 1 aromatic carbocycles. The summed E-state index contributed by atoms with van der Waals surface area (Å²) in [6.07, 6.45) is 4.66. The third-order valence-electron chi connectivity index (χ3n) is 3.00. The molecule has 0 radical (unpaired) electrons. The van der Waals surface area contributed by atoms with Crippen LogP contribution in [0.15, 0.2) is 48.8 Å². The van der Waals surface area contributed by atoms with Crippen LogP contribution in [0.25, 0.3) is 5.65 Å². The van der Waals surface area contributed by atoms with E-state index >= 15 is 0 Å². The summed E-state index contributed by atoms with van der Waals surface area (Å²) in [5, 5.41) is 4.18. The van der Waals surface area contributed by atoms with Gasteiger partial charge in [0.15, 0.2) is 5.65 Å². The summed E-state index contributed by atoms with van der Waals surface area (Å²) in [6, 6.07) is 11.9. The zero-order valence-corrected chi connectivity index (χ0v) is 12.8. The fraction of sp³-hybridized carbons (Fsp3) is 0.294. The standard InChI is InChI=1S/C15H15N3O.C2H6/c1-2-12-5-7-14(8-6-12)19-11-13-10-18-15(17-13)4-3-9-16-18;1-2/h3-10H,2,11H2,1H3;1-2H3. The molecule has 0 saturated heterocycles. The van der Waals surface area contributed by atoms with Crippen molar-refractivity contribution in [3.05, 3.63) is 60.0 Å². The van der Waals surface area contributed by atoms with Crippen molar-refractivity contribution in [2.75, 3.05) is 0 Å². The largest absolute Gasteiger partial charge is 0.487 e. The van der Waals surface area contributed by atoms with Crippen LogP contribution in [0.3, 0.4) is 0 Å². The summed E-state index contributed by atoms with van der Waals surface area (Å²) in [5.74, 6) is 0.863. The van der Waals surface area contributed by atoms with Crippen LogP contribution < -0.4 is 4.74 Å². The topological polar surface area (TPSA) is 39.4 Å². The molecule has 4 heteroatoms. The van der Waals surface area contributed by atoms with Gasteiger partial charge in [-0.25, -0.2) is 9.50 Å². The van der Waals surface area contributed by atoms with E-state index in [-0.39, 0.29) is 0 Å². The van der Waals surface area contributed by atoms with E-state index in [1.54, 1.807) is 10.7 Å². The second-order valence-electron chi connectivity index (χ2n) is 4.34. The lowest BCUT2D eigenvalue weighted by Gasteiger charge is -2.04. The van der Waals surface area contributed by atoms with Gasteiger partial charge in [-0.1, -0.05) is 32.9 Å². The number of aryl methyl sites for hydroxylation is 1. The van der Waals surface area contributed by atoms with Crippen molar-refractivity contribution in [3.8, 4) is 5.75 Å². The lowest BCUT2D eigenvalue weighted by molar-refractivity contribution is 0.302. The molecular weight excluding hydrogens is 262 g/mol. The van der Waals surface area contributed by atoms with Crippen molar-refractivity contribution >= 4 is 5.65 Å². The molecule has 0 aliphatic rings. The minimum Gasteiger partial charge on any atom is -0.487 e. The van der Waals surface area contributed by atoms with Gasteiger partial charge in [0.05, 0.1) is 11.9 Å². The Morgan fingerprint density at radius 3 is 2.52 bits per heavy atom. The van der Waals surface area contributed by atoms with Crippen LogP contribution in [-0.4, -0.2) is 14.6 Å². The van der Waals surface area contributed by atoms with Gasteiger partial charge in [-0.15, -0.1) is 0 Å². The van der Waals surface area contributed by atoms with Crippen LogP contribution in [0, 0.1) is 0 Å². The normalized spacial score (nSPS) is 10.0. The molecular formula is C17H21N3O. The molecule has 0 saturated carbocycles. The van der Waals surface area contributed by atoms with E-state index in [2.05, 4.69) is 29.1 Å². The first-order chi connectivity index (χ1) is 10.3. The Morgan fingerprint density at radius 2 is 1.86 bits per heavy atom. The Hall–Kier alpha value is -2.36. The molecule has 0 N–H and O–H groups in total. The molecule has 2 heterocycles. The van der Waals surface area contributed by atoms with E-state index in [4.69, 9.17) is 4.74 Å². The van der Waals surface area contributed by atoms with Crippen molar-refractivity contribution in [2.45, 2.75) is 33.8 Å². The molecule has 2 aromatic heterocycles. The lowest BCUT2D eigenvalue weighted by atomic mass is 10.2. The number of hydrogen-bond donors (Lipinski definition) is 0. The van der Waals surface area contributed by atoms with E-state index < -0.39 is 0 Å². The van der Waals surface area contributed by atoms with E-state index in [9.17, 15) is 0 Å². The maximum atomic E-state index is 5.72. The number of benzene rings is 1. The summed E-state index contributed by atoms with van der Waals surface area (Å²) in [6.45, 7) is 6.59. The highest BCUT2D eigenvalue weighted by molar-refractivity contribution is 5.37. The molecule has 110 valence electrons. The van der Waals surface area contributed by atoms with Gasteiger partial charge in [-0.3, -0.25) is 0 Å². The van der Waals surface area contributed by atoms with E-state index in [0.29, 0.717) is 6.61 Å². The zero-order valence-electron chi connectivity index (χ0n) is 12.8. The van der Waals surface area contributed by atoms with E-state index in [1.165, 1.54) is 5.56 Å². The zero-order chi connectivity index (χ0) is 15.1. The van der Waals surface area contributed by atoms with Gasteiger partial charge in [0, 0.05) is 6.20 Å². The first kappa shape index (κ1) is 15.0. The Morgan fingerprint density at radius 1 is 1.10 bits per heavy atom. The minimum atomic E-state index is 0.453. The quantitative estimate of drug-likeness (QED) is 0.729. The van der Waals surface area contributed by atoms with Crippen LogP contribution in [0.4, 0.5) is 0 Å². The highest BCUT2D eigenvalue weighted by atomic mass is 16.5. The number of hydrogen-bond acceptors (Lipinski definition) is 3. The first-order valence-electron chi connectivity index (χ1n) is 7.36. The summed E-state index contributed by atoms with van der Waals surface area (Å²) in [7, 11) is 0. The molecule has 0 amide bonds. The molecule has 0 bridgehead atoms. The monoisotopic (exact) mass is 283 g/mol. The highest BCUT2D eigenvalue weighted by Gasteiger charge is 2.02. The third kappa shape index (κ3) is 3.81. The van der Waals surface area contributed by atoms with E-state index in [1.807, 2.05) is 44.3 Å². The van der Waals surface area contributed by atoms with Crippen LogP contribution in [-0.2, 0) is 13.0 Å². The Labute approximate surface area is 125 Å². The molecule has 4 nitrogen and oxygen atoms in total. The van der Waals surface area contributed by atoms with Crippen LogP contribution in [0.1, 0.15) is 32.0 Å². The van der Waals surface area contributed by atoms with Gasteiger partial charge in [-0.2, -0.15) is 5.10 Å². The number of fused-ring (bicyclic) bond motifs is 1. The number of aromatic nitrogens is 3. The molecule has 21 heavy (non-hydrogen) atoms. The molecule has 0 spiro atoms. The maximum absolute atomic E-state index is 5.72. The fourth-order valence-corrected chi connectivity index (χ4v) is 1.93.